The predicted octanol–water partition coefficient (Wildman–Crippen LogP) is 7.32. The first-order valence-electron chi connectivity index (χ1n) is 10.8. The van der Waals surface area contributed by atoms with E-state index in [0.717, 1.165) is 22.4 Å². The molecule has 0 amide bonds. The van der Waals surface area contributed by atoms with Gasteiger partial charge in [0.05, 0.1) is 0 Å². The molecule has 154 valence electrons. The third kappa shape index (κ3) is 3.46. The second-order valence-corrected chi connectivity index (χ2v) is 10.8. The van der Waals surface area contributed by atoms with Crippen LogP contribution < -0.4 is 0 Å². The fraction of sp³-hybridized carbons (Fsp3) is 0. The van der Waals surface area contributed by atoms with E-state index < -0.39 is 20.4 Å². The van der Waals surface area contributed by atoms with E-state index in [-0.39, 0.29) is 0 Å². The van der Waals surface area contributed by atoms with Crippen molar-refractivity contribution in [2.24, 2.45) is 0 Å². The molecule has 2 aromatic heterocycles. The Bertz CT molecular complexity index is 1640. The van der Waals surface area contributed by atoms with E-state index in [1.165, 1.54) is 34.3 Å². The maximum absolute atomic E-state index is 9.95. The Hall–Kier alpha value is -3.69. The zero-order valence-corrected chi connectivity index (χ0v) is 20.0. The minimum atomic E-state index is -0.686. The van der Waals surface area contributed by atoms with Crippen molar-refractivity contribution in [3.63, 3.8) is 0 Å². The van der Waals surface area contributed by atoms with Crippen molar-refractivity contribution < 1.29 is 0 Å². The Kier molecular flexibility index (Phi) is 5.04. The van der Waals surface area contributed by atoms with E-state index in [9.17, 15) is 5.26 Å². The molecular weight excluding hydrogens is 516 g/mol. The molecule has 0 N–H and O–H groups in total. The maximum atomic E-state index is 9.95. The molecule has 0 unspecified atom stereocenters. The second kappa shape index (κ2) is 8.34. The molecule has 0 radical (unpaired) electrons. The monoisotopic (exact) mass is 536 g/mol. The van der Waals surface area contributed by atoms with Crippen molar-refractivity contribution in [1.82, 2.24) is 4.98 Å². The first-order chi connectivity index (χ1) is 16.3. The normalized spacial score (nSPS) is 11.0. The number of hydrogen-bond acceptors (Lipinski definition) is 2. The molecule has 0 fully saturated rings. The molecule has 0 saturated heterocycles. The average Bonchev–Trinajstić information content (AvgIpc) is 3.28. The molecule has 4 aromatic carbocycles. The van der Waals surface area contributed by atoms with Gasteiger partial charge in [-0.1, -0.05) is 0 Å². The van der Waals surface area contributed by atoms with Crippen LogP contribution in [0.2, 0.25) is 0 Å². The first kappa shape index (κ1) is 20.0. The van der Waals surface area contributed by atoms with E-state index in [1.807, 2.05) is 30.5 Å². The summed E-state index contributed by atoms with van der Waals surface area (Å²) in [4.78, 5) is 4.61. The van der Waals surface area contributed by atoms with Crippen LogP contribution >= 0.6 is 0 Å². The van der Waals surface area contributed by atoms with Gasteiger partial charge in [-0.15, -0.1) is 0 Å². The fourth-order valence-corrected chi connectivity index (χ4v) is 8.40. The van der Waals surface area contributed by atoms with Gasteiger partial charge in [0.1, 0.15) is 0 Å². The molecule has 33 heavy (non-hydrogen) atoms. The van der Waals surface area contributed by atoms with Gasteiger partial charge in [0, 0.05) is 0 Å². The third-order valence-corrected chi connectivity index (χ3v) is 9.64. The van der Waals surface area contributed by atoms with Crippen LogP contribution in [0.3, 0.4) is 0 Å². The summed E-state index contributed by atoms with van der Waals surface area (Å²) in [6.07, 6.45) is 1.85. The Morgan fingerprint density at radius 1 is 0.606 bits per heavy atom. The van der Waals surface area contributed by atoms with E-state index in [1.54, 1.807) is 0 Å². The number of nitriles is 1. The molecule has 2 nitrogen and oxygen atoms in total. The molecule has 6 rings (SSSR count). The van der Waals surface area contributed by atoms with Crippen molar-refractivity contribution in [1.29, 1.82) is 5.26 Å². The van der Waals surface area contributed by atoms with Gasteiger partial charge in [0.25, 0.3) is 0 Å². The van der Waals surface area contributed by atoms with Crippen LogP contribution in [0.4, 0.5) is 0 Å². The Balaban J connectivity index is 1.58. The van der Waals surface area contributed by atoms with E-state index in [0.29, 0.717) is 0 Å². The van der Waals surface area contributed by atoms with Crippen LogP contribution in [0.15, 0.2) is 109 Å². The summed E-state index contributed by atoms with van der Waals surface area (Å²) in [6.45, 7) is 0. The van der Waals surface area contributed by atoms with Crippen molar-refractivity contribution in [2.45, 2.75) is 0 Å². The Labute approximate surface area is 202 Å². The molecule has 0 aliphatic heterocycles. The zero-order valence-electron chi connectivity index (χ0n) is 17.7. The molecular formula is C30H18N2Te. The second-order valence-electron chi connectivity index (χ2n) is 7.92. The number of hydrogen-bond donors (Lipinski definition) is 0. The molecule has 0 bridgehead atoms. The Morgan fingerprint density at radius 3 is 2.09 bits per heavy atom. The van der Waals surface area contributed by atoms with Crippen molar-refractivity contribution in [2.75, 3.05) is 0 Å². The summed E-state index contributed by atoms with van der Waals surface area (Å²) in [5.74, 6) is 0. The average molecular weight is 534 g/mol. The zero-order chi connectivity index (χ0) is 22.2. The Morgan fingerprint density at radius 2 is 1.33 bits per heavy atom. The van der Waals surface area contributed by atoms with Gasteiger partial charge >= 0.3 is 203 Å². The van der Waals surface area contributed by atoms with Crippen LogP contribution in [-0.2, 0) is 0 Å². The number of fused-ring (bicyclic) bond motifs is 3. The van der Waals surface area contributed by atoms with Gasteiger partial charge in [-0.05, 0) is 0 Å². The number of nitrogens with zero attached hydrogens (tertiary/aromatic N) is 2. The summed E-state index contributed by atoms with van der Waals surface area (Å²) < 4.78 is 2.76. The van der Waals surface area contributed by atoms with Crippen LogP contribution in [-0.4, -0.2) is 25.4 Å². The number of pyridine rings is 1. The summed E-state index contributed by atoms with van der Waals surface area (Å²) in [5, 5.41) is 12.5. The van der Waals surface area contributed by atoms with E-state index in [4.69, 9.17) is 0 Å². The van der Waals surface area contributed by atoms with Crippen LogP contribution in [0, 0.1) is 11.3 Å². The van der Waals surface area contributed by atoms with Crippen molar-refractivity contribution in [3.8, 4) is 39.6 Å². The van der Waals surface area contributed by atoms with Crippen LogP contribution in [0.5, 0.6) is 0 Å². The molecule has 0 aliphatic rings. The molecule has 0 aliphatic carbocycles. The standard InChI is InChI=1S/C30H18N2Te/c31-19-23-16-17-25-24-9-6-10-26(27-11-4-5-18-32-27)29(24)33-30(25)28(23)22-14-12-21(13-15-22)20-7-2-1-3-8-20/h1-18H. The molecule has 0 spiro atoms. The molecule has 6 aromatic rings. The van der Waals surface area contributed by atoms with E-state index in [2.05, 4.69) is 89.9 Å². The van der Waals surface area contributed by atoms with Crippen molar-refractivity contribution >= 4 is 38.0 Å². The topological polar surface area (TPSA) is 36.7 Å². The molecule has 2 heterocycles. The number of aromatic nitrogens is 1. The summed E-state index contributed by atoms with van der Waals surface area (Å²) in [6, 6.07) is 38.2. The van der Waals surface area contributed by atoms with Gasteiger partial charge in [0.2, 0.25) is 0 Å². The van der Waals surface area contributed by atoms with Gasteiger partial charge < -0.3 is 0 Å². The summed E-state index contributed by atoms with van der Waals surface area (Å²) in [5.41, 5.74) is 7.57. The third-order valence-electron chi connectivity index (χ3n) is 6.01. The van der Waals surface area contributed by atoms with Gasteiger partial charge in [-0.3, -0.25) is 0 Å². The first-order valence-corrected chi connectivity index (χ1v) is 13.1. The number of benzene rings is 4. The summed E-state index contributed by atoms with van der Waals surface area (Å²) in [7, 11) is 0. The van der Waals surface area contributed by atoms with Crippen LogP contribution in [0.25, 0.3) is 51.1 Å². The van der Waals surface area contributed by atoms with Gasteiger partial charge in [0.15, 0.2) is 0 Å². The SMILES string of the molecule is N#Cc1ccc2c([te]c3c(-c4ccccn4)cccc32)c1-c1ccc(-c2ccccc2)cc1. The molecule has 0 atom stereocenters. The van der Waals surface area contributed by atoms with Gasteiger partial charge in [-0.2, -0.15) is 0 Å². The quantitative estimate of drug-likeness (QED) is 0.223. The minimum absolute atomic E-state index is 0.686. The molecule has 3 heteroatoms. The number of rotatable bonds is 3. The predicted molar refractivity (Wildman–Crippen MR) is 137 cm³/mol. The summed E-state index contributed by atoms with van der Waals surface area (Å²) >= 11 is -0.686. The van der Waals surface area contributed by atoms with Gasteiger partial charge in [-0.25, -0.2) is 0 Å². The van der Waals surface area contributed by atoms with E-state index >= 15 is 0 Å². The fourth-order valence-electron chi connectivity index (χ4n) is 4.43. The van der Waals surface area contributed by atoms with Crippen molar-refractivity contribution in [3.05, 3.63) is 115 Å². The van der Waals surface area contributed by atoms with Crippen LogP contribution in [0.1, 0.15) is 5.56 Å². The molecule has 0 saturated carbocycles.